The standard InChI is InChI=1S/C22H17NO4/c1-14-3-9-19-18(11-21(25)27-22(19)15(14)2)13-26-20(24)10-8-16-4-6-17(12-23)7-5-16/h3-11H,13H2,1-2H3/b10-8+. The second-order valence-electron chi connectivity index (χ2n) is 6.15. The lowest BCUT2D eigenvalue weighted by Crippen LogP contribution is -2.06. The molecule has 0 spiro atoms. The molecule has 0 fully saturated rings. The molecule has 0 aliphatic rings. The Morgan fingerprint density at radius 3 is 2.63 bits per heavy atom. The van der Waals surface area contributed by atoms with Gasteiger partial charge in [0.2, 0.25) is 0 Å². The molecule has 134 valence electrons. The first-order valence-electron chi connectivity index (χ1n) is 8.36. The number of esters is 1. The molecule has 0 amide bonds. The molecule has 2 aromatic carbocycles. The topological polar surface area (TPSA) is 80.3 Å². The number of carbonyl (C=O) groups excluding carboxylic acids is 1. The van der Waals surface area contributed by atoms with Gasteiger partial charge in [0.15, 0.2) is 0 Å². The molecule has 0 atom stereocenters. The normalized spacial score (nSPS) is 10.9. The SMILES string of the molecule is Cc1ccc2c(COC(=O)/C=C/c3ccc(C#N)cc3)cc(=O)oc2c1C. The smallest absolute Gasteiger partial charge is 0.336 e. The van der Waals surface area contributed by atoms with E-state index < -0.39 is 11.6 Å². The van der Waals surface area contributed by atoms with Gasteiger partial charge in [-0.1, -0.05) is 24.3 Å². The van der Waals surface area contributed by atoms with Crippen molar-refractivity contribution < 1.29 is 13.9 Å². The summed E-state index contributed by atoms with van der Waals surface area (Å²) in [6, 6.07) is 14.0. The Morgan fingerprint density at radius 2 is 1.93 bits per heavy atom. The summed E-state index contributed by atoms with van der Waals surface area (Å²) < 4.78 is 10.6. The maximum atomic E-state index is 12.0. The number of rotatable bonds is 4. The zero-order chi connectivity index (χ0) is 19.4. The molecule has 3 rings (SSSR count). The Hall–Kier alpha value is -3.65. The maximum absolute atomic E-state index is 12.0. The van der Waals surface area contributed by atoms with Crippen LogP contribution in [0.5, 0.6) is 0 Å². The third kappa shape index (κ3) is 4.13. The lowest BCUT2D eigenvalue weighted by molar-refractivity contribution is -0.138. The number of hydrogen-bond acceptors (Lipinski definition) is 5. The average molecular weight is 359 g/mol. The average Bonchev–Trinajstić information content (AvgIpc) is 2.68. The van der Waals surface area contributed by atoms with E-state index in [0.717, 1.165) is 22.1 Å². The molecular weight excluding hydrogens is 342 g/mol. The summed E-state index contributed by atoms with van der Waals surface area (Å²) in [6.45, 7) is 3.80. The summed E-state index contributed by atoms with van der Waals surface area (Å²) in [5.74, 6) is -0.524. The first-order chi connectivity index (χ1) is 13.0. The molecule has 5 nitrogen and oxygen atoms in total. The van der Waals surface area contributed by atoms with Gasteiger partial charge in [-0.05, 0) is 48.7 Å². The molecule has 0 N–H and O–H groups in total. The van der Waals surface area contributed by atoms with Crippen LogP contribution in [-0.2, 0) is 16.1 Å². The second-order valence-corrected chi connectivity index (χ2v) is 6.15. The molecule has 0 saturated heterocycles. The lowest BCUT2D eigenvalue weighted by atomic mass is 10.0. The van der Waals surface area contributed by atoms with Crippen molar-refractivity contribution in [2.45, 2.75) is 20.5 Å². The number of aryl methyl sites for hydroxylation is 2. The summed E-state index contributed by atoms with van der Waals surface area (Å²) in [6.07, 6.45) is 2.92. The van der Waals surface area contributed by atoms with Gasteiger partial charge in [-0.15, -0.1) is 0 Å². The van der Waals surface area contributed by atoms with Gasteiger partial charge in [0.05, 0.1) is 11.6 Å². The predicted octanol–water partition coefficient (Wildman–Crippen LogP) is 4.04. The molecule has 1 aromatic heterocycles. The number of benzene rings is 2. The Balaban J connectivity index is 1.75. The van der Waals surface area contributed by atoms with Gasteiger partial charge in [-0.2, -0.15) is 5.26 Å². The highest BCUT2D eigenvalue weighted by Gasteiger charge is 2.10. The van der Waals surface area contributed by atoms with Crippen molar-refractivity contribution in [3.63, 3.8) is 0 Å². The number of fused-ring (bicyclic) bond motifs is 1. The highest BCUT2D eigenvalue weighted by Crippen LogP contribution is 2.23. The third-order valence-corrected chi connectivity index (χ3v) is 4.34. The number of hydrogen-bond donors (Lipinski definition) is 0. The fraction of sp³-hybridized carbons (Fsp3) is 0.136. The van der Waals surface area contributed by atoms with Gasteiger partial charge in [0.1, 0.15) is 12.2 Å². The van der Waals surface area contributed by atoms with Crippen molar-refractivity contribution in [3.8, 4) is 6.07 Å². The van der Waals surface area contributed by atoms with Crippen molar-refractivity contribution in [3.05, 3.63) is 86.8 Å². The van der Waals surface area contributed by atoms with E-state index in [9.17, 15) is 9.59 Å². The number of nitrogens with zero attached hydrogens (tertiary/aromatic N) is 1. The lowest BCUT2D eigenvalue weighted by Gasteiger charge is -2.09. The molecule has 0 unspecified atom stereocenters. The summed E-state index contributed by atoms with van der Waals surface area (Å²) in [7, 11) is 0. The Bertz CT molecular complexity index is 1130. The van der Waals surface area contributed by atoms with E-state index in [2.05, 4.69) is 0 Å². The van der Waals surface area contributed by atoms with Gasteiger partial charge in [0.25, 0.3) is 0 Å². The van der Waals surface area contributed by atoms with Gasteiger partial charge in [-0.25, -0.2) is 9.59 Å². The van der Waals surface area contributed by atoms with Crippen LogP contribution < -0.4 is 5.63 Å². The monoisotopic (exact) mass is 359 g/mol. The van der Waals surface area contributed by atoms with Crippen LogP contribution >= 0.6 is 0 Å². The van der Waals surface area contributed by atoms with Crippen LogP contribution in [0.4, 0.5) is 0 Å². The minimum absolute atomic E-state index is 0.0266. The van der Waals surface area contributed by atoms with Crippen LogP contribution in [0.1, 0.15) is 27.8 Å². The van der Waals surface area contributed by atoms with Crippen LogP contribution in [0.25, 0.3) is 17.0 Å². The summed E-state index contributed by atoms with van der Waals surface area (Å²) >= 11 is 0. The Labute approximate surface area is 156 Å². The van der Waals surface area contributed by atoms with Crippen molar-refractivity contribution in [1.29, 1.82) is 5.26 Å². The van der Waals surface area contributed by atoms with Crippen LogP contribution in [0.15, 0.2) is 57.8 Å². The summed E-state index contributed by atoms with van der Waals surface area (Å²) in [5, 5.41) is 9.53. The zero-order valence-corrected chi connectivity index (χ0v) is 15.0. The van der Waals surface area contributed by atoms with Crippen LogP contribution in [0, 0.1) is 25.2 Å². The summed E-state index contributed by atoms with van der Waals surface area (Å²) in [4.78, 5) is 23.8. The van der Waals surface area contributed by atoms with Crippen molar-refractivity contribution in [1.82, 2.24) is 0 Å². The molecule has 0 aliphatic heterocycles. The van der Waals surface area contributed by atoms with E-state index in [0.29, 0.717) is 16.7 Å². The molecule has 27 heavy (non-hydrogen) atoms. The molecule has 0 aliphatic carbocycles. The number of carbonyl (C=O) groups is 1. The number of nitriles is 1. The van der Waals surface area contributed by atoms with E-state index in [4.69, 9.17) is 14.4 Å². The fourth-order valence-electron chi connectivity index (χ4n) is 2.67. The molecular formula is C22H17NO4. The summed E-state index contributed by atoms with van der Waals surface area (Å²) in [5.41, 5.74) is 3.88. The quantitative estimate of drug-likeness (QED) is 0.399. The van der Waals surface area contributed by atoms with Crippen LogP contribution in [-0.4, -0.2) is 5.97 Å². The van der Waals surface area contributed by atoms with Gasteiger partial charge in [0, 0.05) is 23.1 Å². The van der Waals surface area contributed by atoms with E-state index in [-0.39, 0.29) is 6.61 Å². The Kier molecular flexibility index (Phi) is 5.18. The van der Waals surface area contributed by atoms with Crippen molar-refractivity contribution >= 4 is 23.0 Å². The third-order valence-electron chi connectivity index (χ3n) is 4.34. The maximum Gasteiger partial charge on any atom is 0.336 e. The van der Waals surface area contributed by atoms with Crippen molar-refractivity contribution in [2.75, 3.05) is 0 Å². The first kappa shape index (κ1) is 18.2. The molecule has 0 saturated carbocycles. The van der Waals surface area contributed by atoms with Crippen LogP contribution in [0.2, 0.25) is 0 Å². The number of ether oxygens (including phenoxy) is 1. The molecule has 0 radical (unpaired) electrons. The molecule has 0 bridgehead atoms. The Morgan fingerprint density at radius 1 is 1.19 bits per heavy atom. The van der Waals surface area contributed by atoms with Crippen LogP contribution in [0.3, 0.4) is 0 Å². The van der Waals surface area contributed by atoms with E-state index in [1.165, 1.54) is 12.1 Å². The second kappa shape index (κ2) is 7.71. The molecule has 1 heterocycles. The fourth-order valence-corrected chi connectivity index (χ4v) is 2.67. The van der Waals surface area contributed by atoms with E-state index in [1.807, 2.05) is 32.0 Å². The molecule has 3 aromatic rings. The van der Waals surface area contributed by atoms with E-state index >= 15 is 0 Å². The highest BCUT2D eigenvalue weighted by atomic mass is 16.5. The zero-order valence-electron chi connectivity index (χ0n) is 15.0. The largest absolute Gasteiger partial charge is 0.458 e. The highest BCUT2D eigenvalue weighted by molar-refractivity contribution is 5.88. The van der Waals surface area contributed by atoms with E-state index in [1.54, 1.807) is 30.3 Å². The minimum atomic E-state index is -0.524. The van der Waals surface area contributed by atoms with Crippen molar-refractivity contribution in [2.24, 2.45) is 0 Å². The minimum Gasteiger partial charge on any atom is -0.458 e. The van der Waals surface area contributed by atoms with Gasteiger partial charge in [-0.3, -0.25) is 0 Å². The predicted molar refractivity (Wildman–Crippen MR) is 102 cm³/mol. The first-order valence-corrected chi connectivity index (χ1v) is 8.36. The molecule has 5 heteroatoms. The van der Waals surface area contributed by atoms with Gasteiger partial charge < -0.3 is 9.15 Å². The van der Waals surface area contributed by atoms with Gasteiger partial charge >= 0.3 is 11.6 Å².